The van der Waals surface area contributed by atoms with E-state index in [0.29, 0.717) is 24.7 Å². The zero-order valence-electron chi connectivity index (χ0n) is 11.7. The number of aryl methyl sites for hydroxylation is 1. The van der Waals surface area contributed by atoms with Gasteiger partial charge in [-0.15, -0.1) is 0 Å². The van der Waals surface area contributed by atoms with Gasteiger partial charge in [-0.25, -0.2) is 0 Å². The molecule has 4 N–H and O–H groups in total. The number of likely N-dealkylation sites (tertiary alicyclic amines) is 1. The van der Waals surface area contributed by atoms with Crippen molar-refractivity contribution in [3.8, 4) is 11.4 Å². The summed E-state index contributed by atoms with van der Waals surface area (Å²) in [7, 11) is 0. The second kappa shape index (κ2) is 5.17. The van der Waals surface area contributed by atoms with Gasteiger partial charge in [0.05, 0.1) is 6.10 Å². The quantitative estimate of drug-likeness (QED) is 0.562. The van der Waals surface area contributed by atoms with E-state index in [1.807, 2.05) is 31.2 Å². The Bertz CT molecular complexity index is 652. The van der Waals surface area contributed by atoms with Crippen molar-refractivity contribution >= 4 is 5.96 Å². The lowest BCUT2D eigenvalue weighted by Gasteiger charge is -2.20. The molecule has 2 heterocycles. The normalized spacial score (nSPS) is 21.7. The number of nitrogens with zero attached hydrogens (tertiary/aromatic N) is 3. The van der Waals surface area contributed by atoms with Crippen molar-refractivity contribution in [3.05, 3.63) is 35.7 Å². The Balaban J connectivity index is 1.87. The smallest absolute Gasteiger partial charge is 0.249 e. The maximum atomic E-state index is 9.75. The Morgan fingerprint density at radius 2 is 2.14 bits per heavy atom. The minimum Gasteiger partial charge on any atom is -0.391 e. The van der Waals surface area contributed by atoms with Crippen molar-refractivity contribution in [3.63, 3.8) is 0 Å². The summed E-state index contributed by atoms with van der Waals surface area (Å²) in [5.74, 6) is 0.763. The third kappa shape index (κ3) is 2.59. The Morgan fingerprint density at radius 1 is 1.43 bits per heavy atom. The molecule has 1 aromatic heterocycles. The molecular formula is C14H17N5O2. The molecule has 7 heteroatoms. The molecule has 7 nitrogen and oxygen atoms in total. The highest BCUT2D eigenvalue weighted by Crippen LogP contribution is 2.31. The fraction of sp³-hybridized carbons (Fsp3) is 0.357. The highest BCUT2D eigenvalue weighted by Gasteiger charge is 2.36. The zero-order valence-corrected chi connectivity index (χ0v) is 11.7. The number of aliphatic hydroxyl groups excluding tert-OH is 1. The van der Waals surface area contributed by atoms with Crippen molar-refractivity contribution in [2.45, 2.75) is 25.5 Å². The lowest BCUT2D eigenvalue weighted by Crippen LogP contribution is -2.36. The van der Waals surface area contributed by atoms with E-state index in [4.69, 9.17) is 15.7 Å². The molecule has 1 aliphatic rings. The molecule has 3 rings (SSSR count). The molecule has 21 heavy (non-hydrogen) atoms. The van der Waals surface area contributed by atoms with Crippen molar-refractivity contribution < 1.29 is 9.63 Å². The summed E-state index contributed by atoms with van der Waals surface area (Å²) >= 11 is 0. The summed E-state index contributed by atoms with van der Waals surface area (Å²) in [5, 5.41) is 21.3. The first-order valence-electron chi connectivity index (χ1n) is 6.74. The highest BCUT2D eigenvalue weighted by atomic mass is 16.5. The molecule has 0 spiro atoms. The van der Waals surface area contributed by atoms with Crippen LogP contribution < -0.4 is 5.73 Å². The first-order valence-corrected chi connectivity index (χ1v) is 6.74. The van der Waals surface area contributed by atoms with E-state index >= 15 is 0 Å². The van der Waals surface area contributed by atoms with E-state index in [9.17, 15) is 5.11 Å². The summed E-state index contributed by atoms with van der Waals surface area (Å²) < 4.78 is 5.30. The van der Waals surface area contributed by atoms with Gasteiger partial charge < -0.3 is 20.3 Å². The molecule has 1 aliphatic heterocycles. The maximum Gasteiger partial charge on any atom is 0.249 e. The first kappa shape index (κ1) is 13.6. The lowest BCUT2D eigenvalue weighted by molar-refractivity contribution is 0.187. The van der Waals surface area contributed by atoms with Crippen LogP contribution in [0.5, 0.6) is 0 Å². The summed E-state index contributed by atoms with van der Waals surface area (Å²) in [5.41, 5.74) is 7.55. The van der Waals surface area contributed by atoms with E-state index in [1.54, 1.807) is 4.90 Å². The van der Waals surface area contributed by atoms with Gasteiger partial charge in [-0.2, -0.15) is 4.98 Å². The third-order valence-corrected chi connectivity index (χ3v) is 3.62. The molecule has 1 fully saturated rings. The van der Waals surface area contributed by atoms with Crippen LogP contribution in [0.4, 0.5) is 0 Å². The van der Waals surface area contributed by atoms with Crippen molar-refractivity contribution in [2.24, 2.45) is 5.73 Å². The van der Waals surface area contributed by atoms with Crippen molar-refractivity contribution in [2.75, 3.05) is 6.54 Å². The molecule has 2 unspecified atom stereocenters. The summed E-state index contributed by atoms with van der Waals surface area (Å²) in [4.78, 5) is 5.94. The Morgan fingerprint density at radius 3 is 2.81 bits per heavy atom. The van der Waals surface area contributed by atoms with Gasteiger partial charge in [-0.05, 0) is 6.92 Å². The van der Waals surface area contributed by atoms with Crippen LogP contribution in [0.25, 0.3) is 11.4 Å². The number of hydrogen-bond acceptors (Lipinski definition) is 5. The van der Waals surface area contributed by atoms with Crippen LogP contribution in [0.15, 0.2) is 28.8 Å². The molecule has 0 aliphatic carbocycles. The van der Waals surface area contributed by atoms with Crippen LogP contribution >= 0.6 is 0 Å². The molecule has 0 amide bonds. The van der Waals surface area contributed by atoms with Gasteiger partial charge in [-0.3, -0.25) is 5.41 Å². The number of aromatic nitrogens is 2. The number of nitrogens with one attached hydrogen (secondary N) is 1. The van der Waals surface area contributed by atoms with Crippen LogP contribution in [0, 0.1) is 12.3 Å². The number of β-amino-alcohol motifs (C(OH)–C–C–N with tert-alkyl or cyclic N) is 1. The fourth-order valence-electron chi connectivity index (χ4n) is 2.50. The molecular weight excluding hydrogens is 270 g/mol. The van der Waals surface area contributed by atoms with Crippen LogP contribution in [-0.2, 0) is 0 Å². The number of hydrogen-bond donors (Lipinski definition) is 3. The molecule has 1 aromatic carbocycles. The Labute approximate surface area is 121 Å². The predicted molar refractivity (Wildman–Crippen MR) is 76.5 cm³/mol. The molecule has 1 saturated heterocycles. The summed E-state index contributed by atoms with van der Waals surface area (Å²) in [6, 6.07) is 7.47. The van der Waals surface area contributed by atoms with Crippen LogP contribution in [0.3, 0.4) is 0 Å². The fourth-order valence-corrected chi connectivity index (χ4v) is 2.50. The first-order chi connectivity index (χ1) is 10.0. The monoisotopic (exact) mass is 287 g/mol. The van der Waals surface area contributed by atoms with E-state index in [-0.39, 0.29) is 12.0 Å². The largest absolute Gasteiger partial charge is 0.391 e. The molecule has 0 radical (unpaired) electrons. The molecule has 0 bridgehead atoms. The third-order valence-electron chi connectivity index (χ3n) is 3.62. The van der Waals surface area contributed by atoms with E-state index in [2.05, 4.69) is 10.1 Å². The van der Waals surface area contributed by atoms with Gasteiger partial charge in [0.25, 0.3) is 0 Å². The Kier molecular flexibility index (Phi) is 3.34. The Hall–Kier alpha value is -2.41. The number of nitrogens with two attached hydrogens (primary N) is 1. The van der Waals surface area contributed by atoms with E-state index < -0.39 is 6.10 Å². The second-order valence-electron chi connectivity index (χ2n) is 5.27. The second-order valence-corrected chi connectivity index (χ2v) is 5.27. The molecule has 2 atom stereocenters. The van der Waals surface area contributed by atoms with Gasteiger partial charge >= 0.3 is 0 Å². The summed E-state index contributed by atoms with van der Waals surface area (Å²) in [6.45, 7) is 2.32. The van der Waals surface area contributed by atoms with Gasteiger partial charge in [0.1, 0.15) is 6.04 Å². The zero-order chi connectivity index (χ0) is 15.0. The number of rotatable bonds is 2. The molecule has 2 aromatic rings. The van der Waals surface area contributed by atoms with Crippen LogP contribution in [-0.4, -0.2) is 38.8 Å². The van der Waals surface area contributed by atoms with E-state index in [1.165, 1.54) is 0 Å². The standard InChI is InChI=1S/C14H17N5O2/c1-8-2-4-9(5-3-8)12-17-13(21-18-12)11-6-10(20)7-19(11)14(15)16/h2-5,10-11,20H,6-7H2,1H3,(H3,15,16). The van der Waals surface area contributed by atoms with E-state index in [0.717, 1.165) is 11.1 Å². The average molecular weight is 287 g/mol. The minimum absolute atomic E-state index is 0.105. The van der Waals surface area contributed by atoms with Gasteiger partial charge in [0.15, 0.2) is 5.96 Å². The lowest BCUT2D eigenvalue weighted by atomic mass is 10.1. The molecule has 110 valence electrons. The predicted octanol–water partition coefficient (Wildman–Crippen LogP) is 1.05. The summed E-state index contributed by atoms with van der Waals surface area (Å²) in [6.07, 6.45) is -0.122. The minimum atomic E-state index is -0.548. The van der Waals surface area contributed by atoms with Crippen molar-refractivity contribution in [1.29, 1.82) is 5.41 Å². The van der Waals surface area contributed by atoms with Gasteiger partial charge in [0.2, 0.25) is 11.7 Å². The molecule has 0 saturated carbocycles. The topological polar surface area (TPSA) is 112 Å². The SMILES string of the molecule is Cc1ccc(-c2noc(C3CC(O)CN3C(=N)N)n2)cc1. The number of guanidine groups is 1. The maximum absolute atomic E-state index is 9.75. The van der Waals surface area contributed by atoms with Crippen LogP contribution in [0.1, 0.15) is 23.9 Å². The number of aliphatic hydroxyl groups is 1. The highest BCUT2D eigenvalue weighted by molar-refractivity contribution is 5.75. The van der Waals surface area contributed by atoms with Gasteiger partial charge in [0, 0.05) is 18.5 Å². The average Bonchev–Trinajstić information content (AvgIpc) is 3.06. The number of benzene rings is 1. The van der Waals surface area contributed by atoms with Gasteiger partial charge in [-0.1, -0.05) is 35.0 Å². The van der Waals surface area contributed by atoms with Crippen molar-refractivity contribution in [1.82, 2.24) is 15.0 Å². The van der Waals surface area contributed by atoms with Crippen LogP contribution in [0.2, 0.25) is 0 Å².